The van der Waals surface area contributed by atoms with E-state index >= 15 is 0 Å². The molecule has 1 aromatic rings. The van der Waals surface area contributed by atoms with E-state index in [4.69, 9.17) is 5.73 Å². The zero-order valence-electron chi connectivity index (χ0n) is 12.1. The molecule has 116 valence electrons. The van der Waals surface area contributed by atoms with Gasteiger partial charge in [0.25, 0.3) is 0 Å². The summed E-state index contributed by atoms with van der Waals surface area (Å²) in [5.74, 6) is -0.195. The first kappa shape index (κ1) is 15.9. The van der Waals surface area contributed by atoms with Crippen LogP contribution in [0.5, 0.6) is 0 Å². The van der Waals surface area contributed by atoms with Crippen LogP contribution in [0.1, 0.15) is 25.7 Å². The summed E-state index contributed by atoms with van der Waals surface area (Å²) in [4.78, 5) is 12.2. The average molecular weight is 311 g/mol. The van der Waals surface area contributed by atoms with Crippen molar-refractivity contribution in [2.45, 2.75) is 30.6 Å². The van der Waals surface area contributed by atoms with E-state index in [2.05, 4.69) is 10.0 Å². The van der Waals surface area contributed by atoms with Crippen molar-refractivity contribution in [2.75, 3.05) is 18.9 Å². The Morgan fingerprint density at radius 3 is 2.52 bits per heavy atom. The molecule has 1 aliphatic rings. The van der Waals surface area contributed by atoms with Crippen LogP contribution >= 0.6 is 0 Å². The lowest BCUT2D eigenvalue weighted by Crippen LogP contribution is -2.40. The van der Waals surface area contributed by atoms with E-state index in [1.165, 1.54) is 13.1 Å². The zero-order valence-corrected chi connectivity index (χ0v) is 12.9. The van der Waals surface area contributed by atoms with Crippen LogP contribution in [0.4, 0.5) is 5.69 Å². The van der Waals surface area contributed by atoms with Gasteiger partial charge in [0.05, 0.1) is 5.69 Å². The van der Waals surface area contributed by atoms with Crippen molar-refractivity contribution < 1.29 is 13.2 Å². The number of carbonyl (C=O) groups is 1. The highest BCUT2D eigenvalue weighted by Crippen LogP contribution is 2.43. The predicted molar refractivity (Wildman–Crippen MR) is 81.3 cm³/mol. The third-order valence-electron chi connectivity index (χ3n) is 4.10. The van der Waals surface area contributed by atoms with E-state index in [0.717, 1.165) is 19.3 Å². The minimum Gasteiger partial charge on any atom is -0.330 e. The minimum atomic E-state index is -3.60. The lowest BCUT2D eigenvalue weighted by atomic mass is 9.66. The fraction of sp³-hybridized carbons (Fsp3) is 0.500. The molecule has 0 bridgehead atoms. The first-order valence-corrected chi connectivity index (χ1v) is 8.43. The Labute approximate surface area is 125 Å². The summed E-state index contributed by atoms with van der Waals surface area (Å²) in [6.45, 7) is 0.483. The highest BCUT2D eigenvalue weighted by Gasteiger charge is 2.37. The standard InChI is InChI=1S/C14H21N3O3S/c1-16-21(19,20)12-6-3-2-5-11(12)17-13(18)9-14(10-15)7-4-8-14/h2-3,5-6,16H,4,7-10,15H2,1H3,(H,17,18). The van der Waals surface area contributed by atoms with Crippen LogP contribution in [0.3, 0.4) is 0 Å². The van der Waals surface area contributed by atoms with E-state index in [1.54, 1.807) is 18.2 Å². The summed E-state index contributed by atoms with van der Waals surface area (Å²) in [5, 5.41) is 2.70. The number of benzene rings is 1. The van der Waals surface area contributed by atoms with Crippen molar-refractivity contribution in [2.24, 2.45) is 11.1 Å². The van der Waals surface area contributed by atoms with Crippen LogP contribution in [-0.4, -0.2) is 27.9 Å². The van der Waals surface area contributed by atoms with Crippen molar-refractivity contribution in [1.82, 2.24) is 4.72 Å². The highest BCUT2D eigenvalue weighted by atomic mass is 32.2. The summed E-state index contributed by atoms with van der Waals surface area (Å²) in [5.41, 5.74) is 5.93. The number of sulfonamides is 1. The van der Waals surface area contributed by atoms with Crippen LogP contribution in [0.2, 0.25) is 0 Å². The van der Waals surface area contributed by atoms with Gasteiger partial charge in [-0.25, -0.2) is 13.1 Å². The first-order valence-electron chi connectivity index (χ1n) is 6.95. The van der Waals surface area contributed by atoms with E-state index < -0.39 is 10.0 Å². The number of carbonyl (C=O) groups excluding carboxylic acids is 1. The van der Waals surface area contributed by atoms with Crippen LogP contribution in [-0.2, 0) is 14.8 Å². The molecular formula is C14H21N3O3S. The van der Waals surface area contributed by atoms with Gasteiger partial charge < -0.3 is 11.1 Å². The van der Waals surface area contributed by atoms with Gasteiger partial charge in [0.1, 0.15) is 4.90 Å². The van der Waals surface area contributed by atoms with E-state index in [-0.39, 0.29) is 16.2 Å². The molecule has 1 fully saturated rings. The molecule has 2 rings (SSSR count). The summed E-state index contributed by atoms with van der Waals surface area (Å²) in [6, 6.07) is 6.35. The number of nitrogens with one attached hydrogen (secondary N) is 2. The molecule has 7 heteroatoms. The summed E-state index contributed by atoms with van der Waals surface area (Å²) in [7, 11) is -2.27. The van der Waals surface area contributed by atoms with Crippen molar-refractivity contribution in [1.29, 1.82) is 0 Å². The maximum Gasteiger partial charge on any atom is 0.242 e. The van der Waals surface area contributed by atoms with Gasteiger partial charge in [-0.3, -0.25) is 4.79 Å². The van der Waals surface area contributed by atoms with Crippen molar-refractivity contribution in [3.05, 3.63) is 24.3 Å². The van der Waals surface area contributed by atoms with Gasteiger partial charge in [0, 0.05) is 6.42 Å². The third kappa shape index (κ3) is 3.42. The van der Waals surface area contributed by atoms with Gasteiger partial charge in [-0.1, -0.05) is 18.6 Å². The molecule has 21 heavy (non-hydrogen) atoms. The van der Waals surface area contributed by atoms with E-state index in [0.29, 0.717) is 18.7 Å². The second-order valence-electron chi connectivity index (χ2n) is 5.49. The monoisotopic (exact) mass is 311 g/mol. The number of nitrogens with two attached hydrogens (primary N) is 1. The van der Waals surface area contributed by atoms with Gasteiger partial charge in [0.2, 0.25) is 15.9 Å². The molecule has 4 N–H and O–H groups in total. The Morgan fingerprint density at radius 2 is 2.00 bits per heavy atom. The van der Waals surface area contributed by atoms with Gasteiger partial charge in [-0.15, -0.1) is 0 Å². The summed E-state index contributed by atoms with van der Waals surface area (Å²) >= 11 is 0. The number of para-hydroxylation sites is 1. The molecule has 0 unspecified atom stereocenters. The molecule has 6 nitrogen and oxygen atoms in total. The Hall–Kier alpha value is -1.44. The Bertz CT molecular complexity index is 619. The van der Waals surface area contributed by atoms with Gasteiger partial charge in [-0.2, -0.15) is 0 Å². The Kier molecular flexibility index (Phi) is 4.65. The molecule has 0 atom stereocenters. The Morgan fingerprint density at radius 1 is 1.33 bits per heavy atom. The second-order valence-corrected chi connectivity index (χ2v) is 7.34. The molecule has 0 spiro atoms. The number of hydrogen-bond donors (Lipinski definition) is 3. The molecular weight excluding hydrogens is 290 g/mol. The summed E-state index contributed by atoms with van der Waals surface area (Å²) in [6.07, 6.45) is 3.33. The minimum absolute atomic E-state index is 0.0660. The lowest BCUT2D eigenvalue weighted by molar-refractivity contribution is -0.119. The maximum absolute atomic E-state index is 12.2. The van der Waals surface area contributed by atoms with Crippen LogP contribution in [0.25, 0.3) is 0 Å². The van der Waals surface area contributed by atoms with Crippen LogP contribution in [0.15, 0.2) is 29.2 Å². The third-order valence-corrected chi connectivity index (χ3v) is 5.57. The zero-order chi connectivity index (χ0) is 15.5. The molecule has 0 aliphatic heterocycles. The molecule has 1 amide bonds. The van der Waals surface area contributed by atoms with Crippen LogP contribution < -0.4 is 15.8 Å². The Balaban J connectivity index is 2.15. The molecule has 1 saturated carbocycles. The number of rotatable bonds is 6. The SMILES string of the molecule is CNS(=O)(=O)c1ccccc1NC(=O)CC1(CN)CCC1. The fourth-order valence-corrected chi connectivity index (χ4v) is 3.47. The number of amides is 1. The van der Waals surface area contributed by atoms with Gasteiger partial charge in [0.15, 0.2) is 0 Å². The molecule has 1 aliphatic carbocycles. The summed E-state index contributed by atoms with van der Waals surface area (Å²) < 4.78 is 26.1. The van der Waals surface area contributed by atoms with Crippen LogP contribution in [0, 0.1) is 5.41 Å². The second kappa shape index (κ2) is 6.13. The van der Waals surface area contributed by atoms with Crippen molar-refractivity contribution in [3.63, 3.8) is 0 Å². The normalized spacial score (nSPS) is 17.0. The van der Waals surface area contributed by atoms with Gasteiger partial charge >= 0.3 is 0 Å². The van der Waals surface area contributed by atoms with Gasteiger partial charge in [-0.05, 0) is 44.0 Å². The molecule has 0 aromatic heterocycles. The molecule has 0 saturated heterocycles. The smallest absolute Gasteiger partial charge is 0.242 e. The highest BCUT2D eigenvalue weighted by molar-refractivity contribution is 7.89. The number of anilines is 1. The average Bonchev–Trinajstić information content (AvgIpc) is 2.43. The molecule has 0 radical (unpaired) electrons. The fourth-order valence-electron chi connectivity index (χ4n) is 2.58. The molecule has 1 aromatic carbocycles. The number of hydrogen-bond acceptors (Lipinski definition) is 4. The maximum atomic E-state index is 12.2. The predicted octanol–water partition coefficient (Wildman–Crippen LogP) is 1.05. The first-order chi connectivity index (χ1) is 9.92. The lowest BCUT2D eigenvalue weighted by Gasteiger charge is -2.40. The quantitative estimate of drug-likeness (QED) is 0.731. The van der Waals surface area contributed by atoms with E-state index in [9.17, 15) is 13.2 Å². The van der Waals surface area contributed by atoms with Crippen molar-refractivity contribution >= 4 is 21.6 Å². The molecule has 0 heterocycles. The van der Waals surface area contributed by atoms with E-state index in [1.807, 2.05) is 0 Å². The largest absolute Gasteiger partial charge is 0.330 e. The topological polar surface area (TPSA) is 101 Å². The van der Waals surface area contributed by atoms with Crippen molar-refractivity contribution in [3.8, 4) is 0 Å².